The summed E-state index contributed by atoms with van der Waals surface area (Å²) in [5, 5.41) is 0. The minimum absolute atomic E-state index is 0.0637. The van der Waals surface area contributed by atoms with Gasteiger partial charge in [-0.25, -0.2) is 0 Å². The summed E-state index contributed by atoms with van der Waals surface area (Å²) in [6, 6.07) is 0. The molecule has 2 unspecified atom stereocenters. The zero-order valence-electron chi connectivity index (χ0n) is 43.2. The highest BCUT2D eigenvalue weighted by molar-refractivity contribution is 5.71. The molecule has 0 aliphatic rings. The van der Waals surface area contributed by atoms with Crippen LogP contribution in [0.5, 0.6) is 0 Å². The molecule has 0 bridgehead atoms. The van der Waals surface area contributed by atoms with Gasteiger partial charge in [0.05, 0.1) is 0 Å². The molecule has 0 aliphatic heterocycles. The molecular formula is C57H110O6. The highest BCUT2D eigenvalue weighted by Crippen LogP contribution is 2.19. The van der Waals surface area contributed by atoms with Crippen LogP contribution in [-0.4, -0.2) is 37.2 Å². The fourth-order valence-electron chi connectivity index (χ4n) is 8.63. The molecule has 6 nitrogen and oxygen atoms in total. The van der Waals surface area contributed by atoms with Gasteiger partial charge in [-0.05, 0) is 31.1 Å². The van der Waals surface area contributed by atoms with Crippen LogP contribution in [0, 0.1) is 11.8 Å². The van der Waals surface area contributed by atoms with Crippen molar-refractivity contribution in [3.63, 3.8) is 0 Å². The normalized spacial score (nSPS) is 12.9. The second kappa shape index (κ2) is 49.8. The van der Waals surface area contributed by atoms with E-state index in [2.05, 4.69) is 34.6 Å². The number of ether oxygens (including phenoxy) is 3. The van der Waals surface area contributed by atoms with Gasteiger partial charge in [0.1, 0.15) is 13.2 Å². The predicted molar refractivity (Wildman–Crippen MR) is 270 cm³/mol. The fourth-order valence-corrected chi connectivity index (χ4v) is 8.63. The van der Waals surface area contributed by atoms with E-state index >= 15 is 0 Å². The lowest BCUT2D eigenvalue weighted by molar-refractivity contribution is -0.167. The molecule has 0 rings (SSSR count). The number of rotatable bonds is 51. The van der Waals surface area contributed by atoms with Crippen LogP contribution < -0.4 is 0 Å². The molecule has 0 saturated carbocycles. The van der Waals surface area contributed by atoms with E-state index in [9.17, 15) is 14.4 Å². The third kappa shape index (κ3) is 48.2. The molecule has 0 fully saturated rings. The van der Waals surface area contributed by atoms with Crippen molar-refractivity contribution in [3.05, 3.63) is 0 Å². The van der Waals surface area contributed by atoms with Crippen molar-refractivity contribution < 1.29 is 28.6 Å². The maximum absolute atomic E-state index is 12.8. The SMILES string of the molecule is CCCCCCCCCCCCCCCCCCCC(=O)O[C@@H](COC(=O)CCCCCCCCCCCCCCCCC(C)CC)COC(=O)CCCCCCCCC(C)CC. The van der Waals surface area contributed by atoms with E-state index in [1.807, 2.05) is 0 Å². The summed E-state index contributed by atoms with van der Waals surface area (Å²) < 4.78 is 16.9. The van der Waals surface area contributed by atoms with Crippen molar-refractivity contribution in [2.45, 2.75) is 323 Å². The molecular weight excluding hydrogens is 781 g/mol. The number of hydrogen-bond acceptors (Lipinski definition) is 6. The molecule has 63 heavy (non-hydrogen) atoms. The Labute approximate surface area is 393 Å². The molecule has 0 radical (unpaired) electrons. The van der Waals surface area contributed by atoms with Crippen LogP contribution in [0.25, 0.3) is 0 Å². The summed E-state index contributed by atoms with van der Waals surface area (Å²) in [4.78, 5) is 38.0. The second-order valence-corrected chi connectivity index (χ2v) is 20.1. The summed E-state index contributed by atoms with van der Waals surface area (Å²) >= 11 is 0. The molecule has 0 heterocycles. The molecule has 6 heteroatoms. The largest absolute Gasteiger partial charge is 0.462 e. The van der Waals surface area contributed by atoms with Gasteiger partial charge in [-0.2, -0.15) is 0 Å². The van der Waals surface area contributed by atoms with Crippen LogP contribution in [0.1, 0.15) is 317 Å². The van der Waals surface area contributed by atoms with E-state index in [1.165, 1.54) is 205 Å². The third-order valence-electron chi connectivity index (χ3n) is 13.7. The topological polar surface area (TPSA) is 78.9 Å². The fraction of sp³-hybridized carbons (Fsp3) is 0.947. The van der Waals surface area contributed by atoms with Crippen LogP contribution in [-0.2, 0) is 28.6 Å². The molecule has 0 saturated heterocycles. The first kappa shape index (κ1) is 61.4. The van der Waals surface area contributed by atoms with Gasteiger partial charge in [-0.15, -0.1) is 0 Å². The summed E-state index contributed by atoms with van der Waals surface area (Å²) in [6.45, 7) is 11.4. The maximum atomic E-state index is 12.8. The van der Waals surface area contributed by atoms with Gasteiger partial charge in [0.2, 0.25) is 0 Å². The first-order valence-corrected chi connectivity index (χ1v) is 28.3. The van der Waals surface area contributed by atoms with E-state index in [1.54, 1.807) is 0 Å². The van der Waals surface area contributed by atoms with Gasteiger partial charge in [0, 0.05) is 19.3 Å². The first-order chi connectivity index (χ1) is 30.8. The quantitative estimate of drug-likeness (QED) is 0.0344. The van der Waals surface area contributed by atoms with E-state index in [0.29, 0.717) is 19.3 Å². The second-order valence-electron chi connectivity index (χ2n) is 20.1. The molecule has 0 spiro atoms. The van der Waals surface area contributed by atoms with Crippen LogP contribution in [0.15, 0.2) is 0 Å². The predicted octanol–water partition coefficient (Wildman–Crippen LogP) is 18.5. The summed E-state index contributed by atoms with van der Waals surface area (Å²) in [5.74, 6) is 0.865. The van der Waals surface area contributed by atoms with Crippen LogP contribution in [0.3, 0.4) is 0 Å². The standard InChI is InChI=1S/C57H110O6/c1-6-9-10-11-12-13-14-15-16-17-18-23-26-29-32-39-44-49-57(60)63-54(51-62-56(59)48-43-38-34-33-36-41-46-53(5)8-3)50-61-55(58)47-42-37-31-28-25-22-20-19-21-24-27-30-35-40-45-52(4)7-2/h52-54H,6-51H2,1-5H3/t52?,53?,54-/m0/s1. The molecule has 0 aromatic carbocycles. The van der Waals surface area contributed by atoms with E-state index in [-0.39, 0.29) is 31.1 Å². The van der Waals surface area contributed by atoms with Crippen LogP contribution in [0.4, 0.5) is 0 Å². The van der Waals surface area contributed by atoms with E-state index in [4.69, 9.17) is 14.2 Å². The summed E-state index contributed by atoms with van der Waals surface area (Å²) in [7, 11) is 0. The highest BCUT2D eigenvalue weighted by atomic mass is 16.6. The molecule has 374 valence electrons. The Bertz CT molecular complexity index is 966. The van der Waals surface area contributed by atoms with Crippen molar-refractivity contribution in [3.8, 4) is 0 Å². The monoisotopic (exact) mass is 891 g/mol. The Morgan fingerprint density at radius 2 is 0.556 bits per heavy atom. The lowest BCUT2D eigenvalue weighted by atomic mass is 9.99. The summed E-state index contributed by atoms with van der Waals surface area (Å²) in [6.07, 6.45) is 52.3. The maximum Gasteiger partial charge on any atom is 0.306 e. The first-order valence-electron chi connectivity index (χ1n) is 28.3. The molecule has 0 aromatic heterocycles. The van der Waals surface area contributed by atoms with Gasteiger partial charge in [0.25, 0.3) is 0 Å². The van der Waals surface area contributed by atoms with Crippen molar-refractivity contribution in [1.82, 2.24) is 0 Å². The Kier molecular flexibility index (Phi) is 48.6. The average molecular weight is 892 g/mol. The minimum Gasteiger partial charge on any atom is -0.462 e. The lowest BCUT2D eigenvalue weighted by Gasteiger charge is -2.18. The Balaban J connectivity index is 4.26. The van der Waals surface area contributed by atoms with Gasteiger partial charge in [-0.1, -0.05) is 279 Å². The van der Waals surface area contributed by atoms with Crippen molar-refractivity contribution in [2.75, 3.05) is 13.2 Å². The van der Waals surface area contributed by atoms with E-state index < -0.39 is 6.10 Å². The Morgan fingerprint density at radius 1 is 0.317 bits per heavy atom. The van der Waals surface area contributed by atoms with Gasteiger partial charge in [0.15, 0.2) is 6.10 Å². The van der Waals surface area contributed by atoms with Crippen molar-refractivity contribution in [1.29, 1.82) is 0 Å². The zero-order valence-corrected chi connectivity index (χ0v) is 43.2. The molecule has 0 aromatic rings. The number of carbonyl (C=O) groups is 3. The molecule has 3 atom stereocenters. The summed E-state index contributed by atoms with van der Waals surface area (Å²) in [5.41, 5.74) is 0. The Morgan fingerprint density at radius 3 is 0.825 bits per heavy atom. The van der Waals surface area contributed by atoms with Crippen LogP contribution >= 0.6 is 0 Å². The number of hydrogen-bond donors (Lipinski definition) is 0. The van der Waals surface area contributed by atoms with Crippen LogP contribution in [0.2, 0.25) is 0 Å². The minimum atomic E-state index is -0.763. The third-order valence-corrected chi connectivity index (χ3v) is 13.7. The van der Waals surface area contributed by atoms with Crippen molar-refractivity contribution in [2.24, 2.45) is 11.8 Å². The van der Waals surface area contributed by atoms with E-state index in [0.717, 1.165) is 69.6 Å². The number of carbonyl (C=O) groups excluding carboxylic acids is 3. The Hall–Kier alpha value is -1.59. The lowest BCUT2D eigenvalue weighted by Crippen LogP contribution is -2.30. The van der Waals surface area contributed by atoms with Gasteiger partial charge in [-0.3, -0.25) is 14.4 Å². The van der Waals surface area contributed by atoms with Gasteiger partial charge < -0.3 is 14.2 Å². The zero-order chi connectivity index (χ0) is 46.1. The van der Waals surface area contributed by atoms with Crippen molar-refractivity contribution >= 4 is 17.9 Å². The number of unbranched alkanes of at least 4 members (excludes halogenated alkanes) is 34. The average Bonchev–Trinajstić information content (AvgIpc) is 3.28. The smallest absolute Gasteiger partial charge is 0.306 e. The molecule has 0 N–H and O–H groups in total. The highest BCUT2D eigenvalue weighted by Gasteiger charge is 2.19. The van der Waals surface area contributed by atoms with Gasteiger partial charge >= 0.3 is 17.9 Å². The number of esters is 3. The molecule has 0 aliphatic carbocycles. The molecule has 0 amide bonds.